The van der Waals surface area contributed by atoms with Gasteiger partial charge < -0.3 is 9.64 Å². The van der Waals surface area contributed by atoms with Gasteiger partial charge in [0.15, 0.2) is 0 Å². The lowest BCUT2D eigenvalue weighted by Crippen LogP contribution is -2.24. The van der Waals surface area contributed by atoms with Crippen LogP contribution in [0.25, 0.3) is 22.4 Å². The molecular weight excluding hydrogens is 374 g/mol. The van der Waals surface area contributed by atoms with E-state index in [1.807, 2.05) is 78.8 Å². The van der Waals surface area contributed by atoms with Crippen molar-refractivity contribution in [1.29, 1.82) is 0 Å². The molecule has 6 heteroatoms. The molecule has 30 heavy (non-hydrogen) atoms. The Morgan fingerprint density at radius 1 is 1.03 bits per heavy atom. The van der Waals surface area contributed by atoms with Gasteiger partial charge in [0.25, 0.3) is 0 Å². The lowest BCUT2D eigenvalue weighted by atomic mass is 10.0. The summed E-state index contributed by atoms with van der Waals surface area (Å²) in [5.74, 6) is 1.75. The molecule has 0 spiro atoms. The summed E-state index contributed by atoms with van der Waals surface area (Å²) in [6.07, 6.45) is 15.8. The molecule has 0 fully saturated rings. The van der Waals surface area contributed by atoms with E-state index >= 15 is 0 Å². The van der Waals surface area contributed by atoms with Crippen molar-refractivity contribution in [2.75, 3.05) is 13.2 Å². The number of benzene rings is 1. The fraction of sp³-hybridized carbons (Fsp3) is 0.125. The highest BCUT2D eigenvalue weighted by molar-refractivity contribution is 5.97. The number of aromatic nitrogens is 3. The van der Waals surface area contributed by atoms with Crippen molar-refractivity contribution >= 4 is 5.71 Å². The van der Waals surface area contributed by atoms with E-state index in [0.29, 0.717) is 6.61 Å². The maximum Gasteiger partial charge on any atom is 0.133 e. The largest absolute Gasteiger partial charge is 0.487 e. The second-order valence-corrected chi connectivity index (χ2v) is 7.14. The van der Waals surface area contributed by atoms with Crippen LogP contribution in [0.1, 0.15) is 0 Å². The highest BCUT2D eigenvalue weighted by Gasteiger charge is 2.14. The Balaban J connectivity index is 1.31. The Labute approximate surface area is 175 Å². The molecule has 6 nitrogen and oxygen atoms in total. The average Bonchev–Trinajstić information content (AvgIpc) is 3.20. The van der Waals surface area contributed by atoms with Crippen LogP contribution >= 0.6 is 0 Å². The first-order valence-electron chi connectivity index (χ1n) is 9.83. The van der Waals surface area contributed by atoms with Gasteiger partial charge in [-0.3, -0.25) is 9.67 Å². The molecule has 0 unspecified atom stereocenters. The zero-order chi connectivity index (χ0) is 20.3. The minimum atomic E-state index is 0.427. The van der Waals surface area contributed by atoms with Gasteiger partial charge in [0.1, 0.15) is 23.9 Å². The molecule has 0 radical (unpaired) electrons. The molecule has 0 atom stereocenters. The van der Waals surface area contributed by atoms with Crippen LogP contribution in [0.3, 0.4) is 0 Å². The molecule has 2 aromatic heterocycles. The molecule has 0 saturated heterocycles. The molecule has 4 heterocycles. The fourth-order valence-electron chi connectivity index (χ4n) is 3.51. The molecule has 2 aliphatic rings. The molecule has 2 aliphatic heterocycles. The Morgan fingerprint density at radius 3 is 2.70 bits per heavy atom. The Bertz CT molecular complexity index is 1170. The van der Waals surface area contributed by atoms with Crippen LogP contribution in [0.4, 0.5) is 0 Å². The summed E-state index contributed by atoms with van der Waals surface area (Å²) in [7, 11) is 1.93. The first kappa shape index (κ1) is 18.1. The second-order valence-electron chi connectivity index (χ2n) is 7.14. The molecule has 0 saturated carbocycles. The van der Waals surface area contributed by atoms with Crippen molar-refractivity contribution in [2.24, 2.45) is 12.0 Å². The molecule has 0 N–H and O–H groups in total. The predicted octanol–water partition coefficient (Wildman–Crippen LogP) is 4.21. The lowest BCUT2D eigenvalue weighted by Gasteiger charge is -2.25. The smallest absolute Gasteiger partial charge is 0.133 e. The standard InChI is InChI=1S/C24H21N5O/c1-28-16-22(18-9-12-25-13-10-18)24(27-28)19-5-7-21(8-6-19)30-17-20-11-15-29-14-3-2-4-23(29)26-20/h2-13,15-16H,14,17H2,1H3. The van der Waals surface area contributed by atoms with E-state index in [-0.39, 0.29) is 0 Å². The van der Waals surface area contributed by atoms with Crippen molar-refractivity contribution in [2.45, 2.75) is 0 Å². The molecule has 0 amide bonds. The number of pyridine rings is 1. The summed E-state index contributed by atoms with van der Waals surface area (Å²) in [6, 6.07) is 12.0. The minimum absolute atomic E-state index is 0.427. The summed E-state index contributed by atoms with van der Waals surface area (Å²) < 4.78 is 7.79. The Morgan fingerprint density at radius 2 is 1.87 bits per heavy atom. The molecule has 3 aromatic rings. The van der Waals surface area contributed by atoms with Gasteiger partial charge >= 0.3 is 0 Å². The van der Waals surface area contributed by atoms with Crippen molar-refractivity contribution in [3.05, 3.63) is 91.3 Å². The van der Waals surface area contributed by atoms with Crippen LogP contribution in [0, 0.1) is 0 Å². The van der Waals surface area contributed by atoms with Crippen LogP contribution < -0.4 is 4.74 Å². The number of nitrogens with zero attached hydrogens (tertiary/aromatic N) is 5. The van der Waals surface area contributed by atoms with E-state index < -0.39 is 0 Å². The molecule has 0 bridgehead atoms. The van der Waals surface area contributed by atoms with Crippen LogP contribution in [-0.2, 0) is 7.05 Å². The first-order chi connectivity index (χ1) is 14.8. The molecule has 1 aromatic carbocycles. The van der Waals surface area contributed by atoms with E-state index in [1.165, 1.54) is 0 Å². The number of rotatable bonds is 5. The Kier molecular flexibility index (Phi) is 4.73. The fourth-order valence-corrected chi connectivity index (χ4v) is 3.51. The highest BCUT2D eigenvalue weighted by Crippen LogP contribution is 2.31. The second kappa shape index (κ2) is 7.83. The van der Waals surface area contributed by atoms with Crippen LogP contribution in [-0.4, -0.2) is 38.5 Å². The summed E-state index contributed by atoms with van der Waals surface area (Å²) in [6.45, 7) is 1.28. The van der Waals surface area contributed by atoms with Crippen LogP contribution in [0.2, 0.25) is 0 Å². The van der Waals surface area contributed by atoms with Crippen molar-refractivity contribution in [3.8, 4) is 28.1 Å². The van der Waals surface area contributed by atoms with Gasteiger partial charge in [0.2, 0.25) is 0 Å². The van der Waals surface area contributed by atoms with Gasteiger partial charge in [-0.15, -0.1) is 0 Å². The van der Waals surface area contributed by atoms with E-state index in [4.69, 9.17) is 4.74 Å². The average molecular weight is 395 g/mol. The summed E-state index contributed by atoms with van der Waals surface area (Å²) >= 11 is 0. The number of hydrogen-bond acceptors (Lipinski definition) is 5. The van der Waals surface area contributed by atoms with Gasteiger partial charge in [0.05, 0.1) is 5.71 Å². The summed E-state index contributed by atoms with van der Waals surface area (Å²) in [4.78, 5) is 10.9. The van der Waals surface area contributed by atoms with E-state index in [1.54, 1.807) is 12.4 Å². The summed E-state index contributed by atoms with van der Waals surface area (Å²) in [5, 5.41) is 4.66. The van der Waals surface area contributed by atoms with E-state index in [9.17, 15) is 0 Å². The first-order valence-corrected chi connectivity index (χ1v) is 9.83. The molecular formula is C24H21N5O. The maximum atomic E-state index is 5.96. The van der Waals surface area contributed by atoms with Gasteiger partial charge in [-0.25, -0.2) is 4.99 Å². The minimum Gasteiger partial charge on any atom is -0.487 e. The number of hydrogen-bond donors (Lipinski definition) is 0. The number of ether oxygens (including phenoxy) is 1. The zero-order valence-electron chi connectivity index (χ0n) is 16.6. The van der Waals surface area contributed by atoms with Crippen molar-refractivity contribution in [1.82, 2.24) is 19.7 Å². The maximum absolute atomic E-state index is 5.96. The summed E-state index contributed by atoms with van der Waals surface area (Å²) in [5.41, 5.74) is 5.05. The van der Waals surface area contributed by atoms with Crippen LogP contribution in [0.5, 0.6) is 5.75 Å². The molecule has 148 valence electrons. The third-order valence-electron chi connectivity index (χ3n) is 5.02. The van der Waals surface area contributed by atoms with Crippen molar-refractivity contribution in [3.63, 3.8) is 0 Å². The number of fused-ring (bicyclic) bond motifs is 1. The SMILES string of the molecule is Cn1cc(-c2ccncc2)c(-c2ccc(OCC3=NC4=CC=CCN4C=C3)cc2)n1. The van der Waals surface area contributed by atoms with Crippen molar-refractivity contribution < 1.29 is 4.74 Å². The number of allylic oxidation sites excluding steroid dienone is 2. The monoisotopic (exact) mass is 395 g/mol. The highest BCUT2D eigenvalue weighted by atomic mass is 16.5. The van der Waals surface area contributed by atoms with E-state index in [2.05, 4.69) is 26.1 Å². The third-order valence-corrected chi connectivity index (χ3v) is 5.02. The number of aliphatic imine (C=N–C) groups is 1. The van der Waals surface area contributed by atoms with E-state index in [0.717, 1.165) is 46.2 Å². The topological polar surface area (TPSA) is 55.5 Å². The predicted molar refractivity (Wildman–Crippen MR) is 118 cm³/mol. The van der Waals surface area contributed by atoms with Crippen LogP contribution in [0.15, 0.2) is 96.3 Å². The quantitative estimate of drug-likeness (QED) is 0.649. The number of aryl methyl sites for hydroxylation is 1. The molecule has 5 rings (SSSR count). The van der Waals surface area contributed by atoms with Gasteiger partial charge in [-0.2, -0.15) is 5.10 Å². The third kappa shape index (κ3) is 3.67. The lowest BCUT2D eigenvalue weighted by molar-refractivity contribution is 0.375. The zero-order valence-corrected chi connectivity index (χ0v) is 16.6. The Hall–Kier alpha value is -3.93. The normalized spacial score (nSPS) is 14.9. The van der Waals surface area contributed by atoms with Gasteiger partial charge in [-0.05, 0) is 54.1 Å². The van der Waals surface area contributed by atoms with Gasteiger partial charge in [0, 0.05) is 49.5 Å². The molecule has 0 aliphatic carbocycles. The van der Waals surface area contributed by atoms with Gasteiger partial charge in [-0.1, -0.05) is 12.2 Å².